The van der Waals surface area contributed by atoms with Crippen LogP contribution in [0.1, 0.15) is 34.1 Å². The maximum atomic E-state index is 9.08. The molecular formula is C14H32N2O3. The van der Waals surface area contributed by atoms with Gasteiger partial charge in [-0.3, -0.25) is 0 Å². The minimum atomic E-state index is 0.164. The summed E-state index contributed by atoms with van der Waals surface area (Å²) in [7, 11) is 0. The van der Waals surface area contributed by atoms with Gasteiger partial charge in [0.2, 0.25) is 0 Å². The quantitative estimate of drug-likeness (QED) is 0.434. The van der Waals surface area contributed by atoms with Crippen LogP contribution in [-0.4, -0.2) is 62.8 Å². The molecule has 0 radical (unpaired) electrons. The van der Waals surface area contributed by atoms with Crippen LogP contribution in [0.2, 0.25) is 0 Å². The molecule has 0 rings (SSSR count). The van der Waals surface area contributed by atoms with E-state index in [1.165, 1.54) is 0 Å². The second kappa shape index (κ2) is 12.8. The predicted octanol–water partition coefficient (Wildman–Crippen LogP) is 0.767. The minimum Gasteiger partial charge on any atom is -0.395 e. The Kier molecular flexibility index (Phi) is 12.7. The zero-order valence-electron chi connectivity index (χ0n) is 12.9. The zero-order valence-corrected chi connectivity index (χ0v) is 12.9. The van der Waals surface area contributed by atoms with Gasteiger partial charge in [0, 0.05) is 24.7 Å². The summed E-state index contributed by atoms with van der Waals surface area (Å²) in [6.45, 7) is 12.0. The number of hydrogen-bond acceptors (Lipinski definition) is 5. The van der Waals surface area contributed by atoms with Gasteiger partial charge in [-0.05, 0) is 13.3 Å². The average Bonchev–Trinajstić information content (AvgIpc) is 2.38. The van der Waals surface area contributed by atoms with Crippen LogP contribution in [0.15, 0.2) is 0 Å². The van der Waals surface area contributed by atoms with Gasteiger partial charge in [0.25, 0.3) is 0 Å². The molecule has 5 nitrogen and oxygen atoms in total. The van der Waals surface area contributed by atoms with Crippen LogP contribution in [0.5, 0.6) is 0 Å². The molecule has 0 fully saturated rings. The second-order valence-corrected chi connectivity index (χ2v) is 5.15. The molecule has 0 spiro atoms. The first kappa shape index (κ1) is 18.8. The van der Waals surface area contributed by atoms with Crippen molar-refractivity contribution >= 4 is 0 Å². The van der Waals surface area contributed by atoms with Gasteiger partial charge < -0.3 is 25.2 Å². The van der Waals surface area contributed by atoms with E-state index in [2.05, 4.69) is 38.3 Å². The molecule has 2 atom stereocenters. The topological polar surface area (TPSA) is 62.8 Å². The molecule has 0 aliphatic carbocycles. The van der Waals surface area contributed by atoms with Crippen molar-refractivity contribution in [2.75, 3.05) is 39.6 Å². The summed E-state index contributed by atoms with van der Waals surface area (Å²) in [5.41, 5.74) is 0. The highest BCUT2D eigenvalue weighted by atomic mass is 16.5. The number of aliphatic hydroxyl groups excluding tert-OH is 1. The van der Waals surface area contributed by atoms with Gasteiger partial charge in [0.15, 0.2) is 0 Å². The molecule has 0 aliphatic heterocycles. The van der Waals surface area contributed by atoms with Gasteiger partial charge in [0.1, 0.15) is 0 Å². The Balaban J connectivity index is 3.29. The van der Waals surface area contributed by atoms with Crippen LogP contribution in [-0.2, 0) is 9.47 Å². The highest BCUT2D eigenvalue weighted by Gasteiger charge is 2.08. The van der Waals surface area contributed by atoms with Gasteiger partial charge in [-0.1, -0.05) is 20.8 Å². The molecule has 1 unspecified atom stereocenters. The fourth-order valence-electron chi connectivity index (χ4n) is 1.65. The average molecular weight is 276 g/mol. The van der Waals surface area contributed by atoms with E-state index in [9.17, 15) is 0 Å². The maximum Gasteiger partial charge on any atom is 0.0701 e. The van der Waals surface area contributed by atoms with E-state index >= 15 is 0 Å². The number of hydrogen-bond donors (Lipinski definition) is 3. The van der Waals surface area contributed by atoms with Crippen molar-refractivity contribution in [1.29, 1.82) is 0 Å². The van der Waals surface area contributed by atoms with Crippen molar-refractivity contribution in [3.8, 4) is 0 Å². The van der Waals surface area contributed by atoms with E-state index in [-0.39, 0.29) is 18.7 Å². The van der Waals surface area contributed by atoms with Gasteiger partial charge in [-0.2, -0.15) is 0 Å². The van der Waals surface area contributed by atoms with Crippen molar-refractivity contribution in [3.05, 3.63) is 0 Å². The molecule has 3 N–H and O–H groups in total. The molecule has 19 heavy (non-hydrogen) atoms. The highest BCUT2D eigenvalue weighted by molar-refractivity contribution is 4.68. The Labute approximate surface area is 118 Å². The highest BCUT2D eigenvalue weighted by Crippen LogP contribution is 1.93. The lowest BCUT2D eigenvalue weighted by Gasteiger charge is -2.20. The molecule has 0 bridgehead atoms. The fourth-order valence-corrected chi connectivity index (χ4v) is 1.65. The Bertz CT molecular complexity index is 188. The zero-order chi connectivity index (χ0) is 14.5. The summed E-state index contributed by atoms with van der Waals surface area (Å²) in [5, 5.41) is 15.7. The van der Waals surface area contributed by atoms with E-state index in [1.807, 2.05) is 0 Å². The first-order chi connectivity index (χ1) is 9.10. The van der Waals surface area contributed by atoms with Crippen LogP contribution in [0.4, 0.5) is 0 Å². The minimum absolute atomic E-state index is 0.164. The summed E-state index contributed by atoms with van der Waals surface area (Å²) in [4.78, 5) is 0. The Morgan fingerprint density at radius 2 is 1.74 bits per heavy atom. The number of nitrogens with one attached hydrogen (secondary N) is 2. The van der Waals surface area contributed by atoms with E-state index in [0.29, 0.717) is 25.9 Å². The molecule has 0 aliphatic rings. The standard InChI is InChI=1S/C14H32N2O3/c1-5-14(10-17)16-13(4)11-19-9-8-18-7-6-15-12(2)3/h12-17H,5-11H2,1-4H3/t13?,14-/m0/s1. The molecular weight excluding hydrogens is 244 g/mol. The lowest BCUT2D eigenvalue weighted by Crippen LogP contribution is -2.41. The summed E-state index contributed by atoms with van der Waals surface area (Å²) in [6, 6.07) is 0.918. The van der Waals surface area contributed by atoms with Crippen LogP contribution in [0.3, 0.4) is 0 Å². The summed E-state index contributed by atoms with van der Waals surface area (Å²) in [5.74, 6) is 0. The summed E-state index contributed by atoms with van der Waals surface area (Å²) < 4.78 is 11.0. The predicted molar refractivity (Wildman–Crippen MR) is 78.5 cm³/mol. The summed E-state index contributed by atoms with van der Waals surface area (Å²) in [6.07, 6.45) is 0.923. The van der Waals surface area contributed by atoms with Crippen molar-refractivity contribution in [1.82, 2.24) is 10.6 Å². The monoisotopic (exact) mass is 276 g/mol. The fraction of sp³-hybridized carbons (Fsp3) is 1.00. The lowest BCUT2D eigenvalue weighted by molar-refractivity contribution is 0.0392. The summed E-state index contributed by atoms with van der Waals surface area (Å²) >= 11 is 0. The molecule has 5 heteroatoms. The molecule has 0 aromatic heterocycles. The molecule has 0 aromatic rings. The van der Waals surface area contributed by atoms with E-state index in [0.717, 1.165) is 19.6 Å². The first-order valence-electron chi connectivity index (χ1n) is 7.35. The normalized spacial score (nSPS) is 14.8. The second-order valence-electron chi connectivity index (χ2n) is 5.15. The van der Waals surface area contributed by atoms with Gasteiger partial charge in [-0.15, -0.1) is 0 Å². The maximum absolute atomic E-state index is 9.08. The smallest absolute Gasteiger partial charge is 0.0701 e. The van der Waals surface area contributed by atoms with Crippen molar-refractivity contribution in [2.45, 2.75) is 52.2 Å². The van der Waals surface area contributed by atoms with Crippen molar-refractivity contribution in [3.63, 3.8) is 0 Å². The van der Waals surface area contributed by atoms with Gasteiger partial charge >= 0.3 is 0 Å². The molecule has 0 heterocycles. The van der Waals surface area contributed by atoms with Gasteiger partial charge in [0.05, 0.1) is 33.0 Å². The Hall–Kier alpha value is -0.200. The molecule has 116 valence electrons. The van der Waals surface area contributed by atoms with Crippen LogP contribution in [0.25, 0.3) is 0 Å². The van der Waals surface area contributed by atoms with Crippen molar-refractivity contribution in [2.24, 2.45) is 0 Å². The van der Waals surface area contributed by atoms with E-state index in [1.54, 1.807) is 0 Å². The lowest BCUT2D eigenvalue weighted by atomic mass is 10.2. The van der Waals surface area contributed by atoms with Crippen LogP contribution < -0.4 is 10.6 Å². The third kappa shape index (κ3) is 12.6. The Morgan fingerprint density at radius 1 is 1.05 bits per heavy atom. The van der Waals surface area contributed by atoms with Crippen LogP contribution >= 0.6 is 0 Å². The third-order valence-electron chi connectivity index (χ3n) is 2.77. The molecule has 0 saturated heterocycles. The molecule has 0 amide bonds. The SMILES string of the molecule is CC[C@@H](CO)NC(C)COCCOCCNC(C)C. The van der Waals surface area contributed by atoms with Crippen molar-refractivity contribution < 1.29 is 14.6 Å². The number of ether oxygens (including phenoxy) is 2. The van der Waals surface area contributed by atoms with Crippen LogP contribution in [0, 0.1) is 0 Å². The van der Waals surface area contributed by atoms with E-state index < -0.39 is 0 Å². The third-order valence-corrected chi connectivity index (χ3v) is 2.77. The largest absolute Gasteiger partial charge is 0.395 e. The molecule has 0 aromatic carbocycles. The number of rotatable bonds is 13. The number of aliphatic hydroxyl groups is 1. The van der Waals surface area contributed by atoms with Gasteiger partial charge in [-0.25, -0.2) is 0 Å². The van der Waals surface area contributed by atoms with E-state index in [4.69, 9.17) is 14.6 Å². The first-order valence-corrected chi connectivity index (χ1v) is 7.35. The molecule has 0 saturated carbocycles. The Morgan fingerprint density at radius 3 is 2.32 bits per heavy atom.